The van der Waals surface area contributed by atoms with Crippen LogP contribution in [0.1, 0.15) is 31.1 Å². The number of imide groups is 1. The standard InChI is InChI=1S/C16H12N2O5/c1-22-13-7-6-10(8-17-13)16(21)23-9-18-14(19)11-4-2-3-5-12(11)15(18)20/h2-8H,9H2,1H3. The van der Waals surface area contributed by atoms with Crippen molar-refractivity contribution in [3.05, 3.63) is 59.3 Å². The molecule has 7 heteroatoms. The first-order chi connectivity index (χ1) is 11.1. The quantitative estimate of drug-likeness (QED) is 0.628. The Morgan fingerprint density at radius 1 is 1.09 bits per heavy atom. The van der Waals surface area contributed by atoms with E-state index in [2.05, 4.69) is 4.98 Å². The lowest BCUT2D eigenvalue weighted by Gasteiger charge is -2.13. The van der Waals surface area contributed by atoms with Gasteiger partial charge in [0.25, 0.3) is 11.8 Å². The Morgan fingerprint density at radius 3 is 2.26 bits per heavy atom. The van der Waals surface area contributed by atoms with Crippen LogP contribution < -0.4 is 4.74 Å². The summed E-state index contributed by atoms with van der Waals surface area (Å²) in [6.07, 6.45) is 1.30. The van der Waals surface area contributed by atoms with E-state index in [9.17, 15) is 14.4 Å². The number of ether oxygens (including phenoxy) is 2. The number of hydrogen-bond acceptors (Lipinski definition) is 6. The van der Waals surface area contributed by atoms with Gasteiger partial charge in [-0.15, -0.1) is 0 Å². The molecule has 0 saturated heterocycles. The predicted octanol–water partition coefficient (Wildman–Crippen LogP) is 1.50. The zero-order valence-corrected chi connectivity index (χ0v) is 12.2. The maximum Gasteiger partial charge on any atom is 0.341 e. The van der Waals surface area contributed by atoms with Gasteiger partial charge in [-0.05, 0) is 18.2 Å². The first-order valence-electron chi connectivity index (χ1n) is 6.74. The Balaban J connectivity index is 1.68. The SMILES string of the molecule is COc1ccc(C(=O)OCN2C(=O)c3ccccc3C2=O)cn1. The van der Waals surface area contributed by atoms with Crippen LogP contribution in [0.4, 0.5) is 0 Å². The van der Waals surface area contributed by atoms with E-state index in [1.807, 2.05) is 0 Å². The van der Waals surface area contributed by atoms with Crippen LogP contribution in [0.2, 0.25) is 0 Å². The van der Waals surface area contributed by atoms with Crippen molar-refractivity contribution in [3.63, 3.8) is 0 Å². The van der Waals surface area contributed by atoms with Crippen molar-refractivity contribution in [1.82, 2.24) is 9.88 Å². The van der Waals surface area contributed by atoms with Crippen molar-refractivity contribution < 1.29 is 23.9 Å². The van der Waals surface area contributed by atoms with Gasteiger partial charge in [0, 0.05) is 12.3 Å². The Bertz CT molecular complexity index is 750. The van der Waals surface area contributed by atoms with Gasteiger partial charge < -0.3 is 9.47 Å². The molecule has 1 aromatic heterocycles. The second-order valence-electron chi connectivity index (χ2n) is 4.73. The molecule has 0 saturated carbocycles. The highest BCUT2D eigenvalue weighted by Gasteiger charge is 2.35. The summed E-state index contributed by atoms with van der Waals surface area (Å²) >= 11 is 0. The van der Waals surface area contributed by atoms with Crippen LogP contribution in [0.15, 0.2) is 42.6 Å². The smallest absolute Gasteiger partial charge is 0.341 e. The van der Waals surface area contributed by atoms with Crippen molar-refractivity contribution in [2.24, 2.45) is 0 Å². The van der Waals surface area contributed by atoms with E-state index in [-0.39, 0.29) is 5.56 Å². The molecular formula is C16H12N2O5. The molecule has 0 fully saturated rings. The van der Waals surface area contributed by atoms with E-state index in [1.54, 1.807) is 24.3 Å². The normalized spacial score (nSPS) is 13.0. The fourth-order valence-electron chi connectivity index (χ4n) is 2.18. The lowest BCUT2D eigenvalue weighted by atomic mass is 10.1. The molecule has 1 aromatic carbocycles. The number of hydrogen-bond donors (Lipinski definition) is 0. The summed E-state index contributed by atoms with van der Waals surface area (Å²) in [6.45, 7) is -0.447. The monoisotopic (exact) mass is 312 g/mol. The lowest BCUT2D eigenvalue weighted by molar-refractivity contribution is 0.0228. The maximum atomic E-state index is 12.1. The van der Waals surface area contributed by atoms with E-state index in [4.69, 9.17) is 9.47 Å². The second-order valence-corrected chi connectivity index (χ2v) is 4.73. The number of benzene rings is 1. The third-order valence-electron chi connectivity index (χ3n) is 3.38. The number of pyridine rings is 1. The predicted molar refractivity (Wildman–Crippen MR) is 78.0 cm³/mol. The molecule has 3 rings (SSSR count). The summed E-state index contributed by atoms with van der Waals surface area (Å²) in [5.74, 6) is -1.28. The minimum Gasteiger partial charge on any atom is -0.481 e. The van der Waals surface area contributed by atoms with Gasteiger partial charge in [-0.1, -0.05) is 12.1 Å². The third-order valence-corrected chi connectivity index (χ3v) is 3.38. The lowest BCUT2D eigenvalue weighted by Crippen LogP contribution is -2.33. The van der Waals surface area contributed by atoms with Gasteiger partial charge >= 0.3 is 5.97 Å². The van der Waals surface area contributed by atoms with E-state index in [0.29, 0.717) is 17.0 Å². The van der Waals surface area contributed by atoms with Crippen molar-refractivity contribution in [1.29, 1.82) is 0 Å². The number of methoxy groups -OCH3 is 1. The fraction of sp³-hybridized carbons (Fsp3) is 0.125. The molecule has 0 unspecified atom stereocenters. The van der Waals surface area contributed by atoms with Crippen LogP contribution in [0, 0.1) is 0 Å². The Labute approximate surface area is 131 Å². The molecule has 1 aliphatic rings. The van der Waals surface area contributed by atoms with Crippen LogP contribution in [-0.4, -0.2) is 41.5 Å². The van der Waals surface area contributed by atoms with Crippen molar-refractivity contribution in [2.75, 3.05) is 13.8 Å². The Hall–Kier alpha value is -3.22. The molecule has 7 nitrogen and oxygen atoms in total. The van der Waals surface area contributed by atoms with Crippen LogP contribution in [0.3, 0.4) is 0 Å². The minimum atomic E-state index is -0.684. The van der Waals surface area contributed by atoms with Crippen LogP contribution >= 0.6 is 0 Å². The number of nitrogens with zero attached hydrogens (tertiary/aromatic N) is 2. The molecule has 0 atom stereocenters. The summed E-state index contributed by atoms with van der Waals surface area (Å²) < 4.78 is 9.92. The summed E-state index contributed by atoms with van der Waals surface area (Å²) in [5, 5.41) is 0. The molecule has 2 heterocycles. The minimum absolute atomic E-state index is 0.197. The van der Waals surface area contributed by atoms with Gasteiger partial charge in [0.15, 0.2) is 6.73 Å². The van der Waals surface area contributed by atoms with Crippen LogP contribution in [0.25, 0.3) is 0 Å². The number of carbonyl (C=O) groups is 3. The average molecular weight is 312 g/mol. The largest absolute Gasteiger partial charge is 0.481 e. The highest BCUT2D eigenvalue weighted by Crippen LogP contribution is 2.22. The van der Waals surface area contributed by atoms with Gasteiger partial charge in [-0.2, -0.15) is 0 Å². The van der Waals surface area contributed by atoms with E-state index < -0.39 is 24.5 Å². The highest BCUT2D eigenvalue weighted by molar-refractivity contribution is 6.21. The summed E-state index contributed by atoms with van der Waals surface area (Å²) in [7, 11) is 1.46. The second kappa shape index (κ2) is 5.88. The van der Waals surface area contributed by atoms with Crippen LogP contribution in [0.5, 0.6) is 5.88 Å². The molecule has 0 radical (unpaired) electrons. The van der Waals surface area contributed by atoms with Gasteiger partial charge in [0.2, 0.25) is 5.88 Å². The number of carbonyl (C=O) groups excluding carboxylic acids is 3. The zero-order valence-electron chi connectivity index (χ0n) is 12.2. The molecule has 23 heavy (non-hydrogen) atoms. The molecule has 1 aliphatic heterocycles. The van der Waals surface area contributed by atoms with Gasteiger partial charge in [0.05, 0.1) is 23.8 Å². The van der Waals surface area contributed by atoms with Gasteiger partial charge in [-0.25, -0.2) is 14.7 Å². The number of aromatic nitrogens is 1. The van der Waals surface area contributed by atoms with E-state index >= 15 is 0 Å². The molecule has 0 bridgehead atoms. The highest BCUT2D eigenvalue weighted by atomic mass is 16.5. The first kappa shape index (κ1) is 14.7. The molecule has 0 spiro atoms. The van der Waals surface area contributed by atoms with Gasteiger partial charge in [0.1, 0.15) is 0 Å². The third kappa shape index (κ3) is 2.64. The topological polar surface area (TPSA) is 85.8 Å². The number of rotatable bonds is 4. The maximum absolute atomic E-state index is 12.1. The van der Waals surface area contributed by atoms with Crippen molar-refractivity contribution >= 4 is 17.8 Å². The Kier molecular flexibility index (Phi) is 3.76. The fourth-order valence-corrected chi connectivity index (χ4v) is 2.18. The van der Waals surface area contributed by atoms with E-state index in [1.165, 1.54) is 25.4 Å². The number of amides is 2. The summed E-state index contributed by atoms with van der Waals surface area (Å²) in [4.78, 5) is 41.0. The molecule has 0 aliphatic carbocycles. The molecular weight excluding hydrogens is 300 g/mol. The average Bonchev–Trinajstić information content (AvgIpc) is 2.84. The molecule has 116 valence electrons. The Morgan fingerprint density at radius 2 is 1.74 bits per heavy atom. The summed E-state index contributed by atoms with van der Waals surface area (Å²) in [5.41, 5.74) is 0.807. The number of fused-ring (bicyclic) bond motifs is 1. The first-order valence-corrected chi connectivity index (χ1v) is 6.74. The van der Waals surface area contributed by atoms with Gasteiger partial charge in [-0.3, -0.25) is 9.59 Å². The van der Waals surface area contributed by atoms with Crippen molar-refractivity contribution in [2.45, 2.75) is 0 Å². The molecule has 0 N–H and O–H groups in total. The zero-order chi connectivity index (χ0) is 16.4. The van der Waals surface area contributed by atoms with E-state index in [0.717, 1.165) is 4.90 Å². The van der Waals surface area contributed by atoms with Crippen LogP contribution in [-0.2, 0) is 4.74 Å². The van der Waals surface area contributed by atoms with Crippen molar-refractivity contribution in [3.8, 4) is 5.88 Å². The summed E-state index contributed by atoms with van der Waals surface area (Å²) in [6, 6.07) is 9.45. The number of esters is 1. The molecule has 2 aromatic rings. The molecule has 2 amide bonds.